The minimum Gasteiger partial charge on any atom is -0.480 e. The van der Waals surface area contributed by atoms with E-state index in [0.717, 1.165) is 12.1 Å². The van der Waals surface area contributed by atoms with Gasteiger partial charge in [-0.2, -0.15) is 13.2 Å². The molecule has 5 nitrogen and oxygen atoms in total. The third kappa shape index (κ3) is 5.88. The zero-order valence-corrected chi connectivity index (χ0v) is 18.5. The number of amides is 1. The van der Waals surface area contributed by atoms with Crippen LogP contribution in [0.3, 0.4) is 0 Å². The fraction of sp³-hybridized carbons (Fsp3) is 0.318. The average molecular weight is 508 g/mol. The van der Waals surface area contributed by atoms with Crippen LogP contribution in [0.15, 0.2) is 42.7 Å². The monoisotopic (exact) mass is 507 g/mol. The first kappa shape index (κ1) is 25.5. The van der Waals surface area contributed by atoms with Crippen LogP contribution in [0.1, 0.15) is 23.7 Å². The summed E-state index contributed by atoms with van der Waals surface area (Å²) >= 11 is 5.87. The van der Waals surface area contributed by atoms with Crippen molar-refractivity contribution in [1.82, 2.24) is 4.90 Å². The van der Waals surface area contributed by atoms with Crippen LogP contribution in [0, 0.1) is 11.6 Å². The molecule has 2 aromatic rings. The van der Waals surface area contributed by atoms with E-state index in [0.29, 0.717) is 19.5 Å². The summed E-state index contributed by atoms with van der Waals surface area (Å²) in [5.74, 6) is -3.60. The molecule has 0 bridgehead atoms. The van der Waals surface area contributed by atoms with E-state index in [2.05, 4.69) is 17.2 Å². The normalized spacial score (nSPS) is 16.8. The van der Waals surface area contributed by atoms with Crippen LogP contribution in [0.4, 0.5) is 37.7 Å². The lowest BCUT2D eigenvalue weighted by molar-refractivity contribution is -0.189. The zero-order chi connectivity index (χ0) is 25.2. The van der Waals surface area contributed by atoms with E-state index in [1.807, 2.05) is 0 Å². The van der Waals surface area contributed by atoms with Gasteiger partial charge in [0, 0.05) is 12.6 Å². The number of hydrogen-bond acceptors (Lipinski definition) is 4. The summed E-state index contributed by atoms with van der Waals surface area (Å²) in [7, 11) is 0. The largest absolute Gasteiger partial charge is 0.480 e. The van der Waals surface area contributed by atoms with Gasteiger partial charge >= 0.3 is 6.18 Å². The highest BCUT2D eigenvalue weighted by atomic mass is 35.5. The molecule has 1 heterocycles. The summed E-state index contributed by atoms with van der Waals surface area (Å²) in [5.41, 5.74) is -1.42. The van der Waals surface area contributed by atoms with Crippen molar-refractivity contribution in [2.24, 2.45) is 0 Å². The number of benzene rings is 2. The van der Waals surface area contributed by atoms with Gasteiger partial charge in [0.25, 0.3) is 5.91 Å². The Morgan fingerprint density at radius 1 is 1.24 bits per heavy atom. The molecule has 34 heavy (non-hydrogen) atoms. The van der Waals surface area contributed by atoms with Crippen LogP contribution in [0.5, 0.6) is 5.75 Å². The molecule has 2 aromatic carbocycles. The van der Waals surface area contributed by atoms with Crippen LogP contribution >= 0.6 is 11.6 Å². The van der Waals surface area contributed by atoms with Crippen molar-refractivity contribution >= 4 is 28.9 Å². The number of carbonyl (C=O) groups is 1. The first-order chi connectivity index (χ1) is 15.9. The number of likely N-dealkylation sites (tertiary alicyclic amines) is 1. The molecular formula is C22H20ClF6N3O2. The molecule has 1 amide bonds. The van der Waals surface area contributed by atoms with Gasteiger partial charge in [-0.1, -0.05) is 24.2 Å². The number of carbonyl (C=O) groups excluding carboxylic acids is 1. The molecule has 0 saturated carbocycles. The molecule has 0 aliphatic carbocycles. The smallest absolute Gasteiger partial charge is 0.425 e. The van der Waals surface area contributed by atoms with E-state index in [1.54, 1.807) is 0 Å². The molecule has 1 unspecified atom stereocenters. The van der Waals surface area contributed by atoms with Gasteiger partial charge in [0.15, 0.2) is 6.10 Å². The summed E-state index contributed by atoms with van der Waals surface area (Å²) in [6.07, 6.45) is -7.99. The van der Waals surface area contributed by atoms with E-state index in [-0.39, 0.29) is 29.5 Å². The van der Waals surface area contributed by atoms with Crippen molar-refractivity contribution in [3.8, 4) is 5.75 Å². The maximum absolute atomic E-state index is 14.8. The third-order valence-electron chi connectivity index (χ3n) is 5.07. The molecule has 2 N–H and O–H groups in total. The Kier molecular flexibility index (Phi) is 7.54. The van der Waals surface area contributed by atoms with Gasteiger partial charge in [-0.05, 0) is 31.5 Å². The minimum atomic E-state index is -4.79. The second-order valence-electron chi connectivity index (χ2n) is 7.58. The van der Waals surface area contributed by atoms with Gasteiger partial charge in [0.05, 0.1) is 34.3 Å². The predicted octanol–water partition coefficient (Wildman–Crippen LogP) is 6.13. The van der Waals surface area contributed by atoms with Crippen LogP contribution in [0.25, 0.3) is 0 Å². The first-order valence-corrected chi connectivity index (χ1v) is 10.4. The molecule has 1 aliphatic heterocycles. The number of nitrogens with one attached hydrogen (secondary N) is 2. The van der Waals surface area contributed by atoms with Crippen LogP contribution in [-0.4, -0.2) is 42.3 Å². The first-order valence-electron chi connectivity index (χ1n) is 10.0. The van der Waals surface area contributed by atoms with Gasteiger partial charge in [0.2, 0.25) is 0 Å². The van der Waals surface area contributed by atoms with Crippen molar-refractivity contribution in [1.29, 1.82) is 0 Å². The summed E-state index contributed by atoms with van der Waals surface area (Å²) in [4.78, 5) is 14.3. The van der Waals surface area contributed by atoms with Gasteiger partial charge in [-0.25, -0.2) is 13.2 Å². The molecule has 2 atom stereocenters. The Hall–Kier alpha value is -3.08. The number of rotatable bonds is 7. The summed E-state index contributed by atoms with van der Waals surface area (Å²) in [6.45, 7) is 4.73. The Bertz CT molecular complexity index is 1070. The summed E-state index contributed by atoms with van der Waals surface area (Å²) in [6, 6.07) is 5.06. The molecule has 3 rings (SSSR count). The zero-order valence-electron chi connectivity index (χ0n) is 17.8. The van der Waals surface area contributed by atoms with Gasteiger partial charge in [-0.15, -0.1) is 0 Å². The van der Waals surface area contributed by atoms with E-state index in [4.69, 9.17) is 16.3 Å². The number of hydrogen-bond donors (Lipinski definition) is 2. The average Bonchev–Trinajstić information content (AvgIpc) is 3.18. The van der Waals surface area contributed by atoms with Crippen molar-refractivity contribution in [2.75, 3.05) is 23.7 Å². The number of para-hydroxylation sites is 1. The highest BCUT2D eigenvalue weighted by molar-refractivity contribution is 6.34. The fourth-order valence-corrected chi connectivity index (χ4v) is 3.39. The van der Waals surface area contributed by atoms with E-state index >= 15 is 0 Å². The maximum Gasteiger partial charge on any atom is 0.425 e. The third-order valence-corrected chi connectivity index (χ3v) is 5.39. The molecule has 1 aliphatic rings. The van der Waals surface area contributed by atoms with Gasteiger partial charge < -0.3 is 20.3 Å². The molecule has 1 saturated heterocycles. The Morgan fingerprint density at radius 3 is 2.53 bits per heavy atom. The van der Waals surface area contributed by atoms with Gasteiger partial charge in [-0.3, -0.25) is 4.79 Å². The Balaban J connectivity index is 1.94. The lowest BCUT2D eigenvalue weighted by Crippen LogP contribution is -2.32. The molecule has 12 heteroatoms. The fourth-order valence-electron chi connectivity index (χ4n) is 3.18. The number of halogens is 7. The van der Waals surface area contributed by atoms with Crippen molar-refractivity contribution in [2.45, 2.75) is 31.8 Å². The lowest BCUT2D eigenvalue weighted by atomic mass is 10.1. The summed E-state index contributed by atoms with van der Waals surface area (Å²) < 4.78 is 86.6. The second-order valence-corrected chi connectivity index (χ2v) is 7.99. The quantitative estimate of drug-likeness (QED) is 0.443. The Morgan fingerprint density at radius 2 is 1.94 bits per heavy atom. The highest BCUT2D eigenvalue weighted by Gasteiger charge is 2.39. The molecular weight excluding hydrogens is 488 g/mol. The number of anilines is 2. The van der Waals surface area contributed by atoms with Crippen molar-refractivity contribution < 1.29 is 35.9 Å². The molecule has 0 spiro atoms. The second kappa shape index (κ2) is 10.0. The number of ether oxygens (including phenoxy) is 1. The molecule has 0 aromatic heterocycles. The number of alkyl halides is 4. The van der Waals surface area contributed by atoms with E-state index in [1.165, 1.54) is 17.0 Å². The predicted molar refractivity (Wildman–Crippen MR) is 116 cm³/mol. The standard InChI is InChI=1S/C22H20ClF6N3O2/c1-11(22(27,28)29)34-19-9-18(30-12(2)32-7-6-13(24)10-32)17(26)8-14(19)21(33)31-20-15(23)4-3-5-16(20)25/h3-5,8-9,11,13,30H,2,6-7,10H2,1H3,(H,31,33)/t11-,13?/m0/s1. The van der Waals surface area contributed by atoms with E-state index in [9.17, 15) is 31.1 Å². The minimum absolute atomic E-state index is 0.0196. The van der Waals surface area contributed by atoms with Gasteiger partial charge in [0.1, 0.15) is 23.6 Å². The SMILES string of the molecule is C=C(Nc1cc(O[C@@H](C)C(F)(F)F)c(C(=O)Nc2c(F)cccc2Cl)cc1F)N1CCC(F)C1. The molecule has 0 radical (unpaired) electrons. The van der Waals surface area contributed by atoms with Crippen molar-refractivity contribution in [3.63, 3.8) is 0 Å². The lowest BCUT2D eigenvalue weighted by Gasteiger charge is -2.24. The van der Waals surface area contributed by atoms with Crippen LogP contribution in [0.2, 0.25) is 5.02 Å². The number of nitrogens with zero attached hydrogens (tertiary/aromatic N) is 1. The summed E-state index contributed by atoms with van der Waals surface area (Å²) in [5, 5.41) is 4.52. The van der Waals surface area contributed by atoms with E-state index < -0.39 is 53.0 Å². The highest BCUT2D eigenvalue weighted by Crippen LogP contribution is 2.33. The topological polar surface area (TPSA) is 53.6 Å². The molecule has 184 valence electrons. The van der Waals surface area contributed by atoms with Crippen molar-refractivity contribution in [3.05, 3.63) is 65.0 Å². The van der Waals surface area contributed by atoms with Crippen LogP contribution in [-0.2, 0) is 0 Å². The molecule has 1 fully saturated rings. The van der Waals surface area contributed by atoms with Crippen LogP contribution < -0.4 is 15.4 Å². The maximum atomic E-state index is 14.8. The Labute approximate surface area is 196 Å².